The fourth-order valence-electron chi connectivity index (χ4n) is 3.58. The second-order valence-electron chi connectivity index (χ2n) is 8.06. The molecular formula is C27H26ClN3O5S. The number of halogens is 1. The molecule has 10 heteroatoms. The van der Waals surface area contributed by atoms with Gasteiger partial charge in [0.1, 0.15) is 5.75 Å². The van der Waals surface area contributed by atoms with Crippen LogP contribution in [0.4, 0.5) is 11.4 Å². The standard InChI is InChI=1S/C27H26ClN3O5S/c1-16-8-10-21(34-2)20(12-16)30-27-31-26(33)24(37-27)14-17-9-11-22(23(13-17)35-3)36-15-25(32)29-19-7-5-4-6-18(19)28/h4-14,27,30H,15H2,1-3H3,(H,29,32)(H,31,33)/b24-14-. The number of methoxy groups -OCH3 is 2. The number of nitrogens with one attached hydrogen (secondary N) is 3. The highest BCUT2D eigenvalue weighted by Gasteiger charge is 2.28. The first kappa shape index (κ1) is 26.2. The number of carbonyl (C=O) groups is 2. The number of benzene rings is 3. The first-order valence-corrected chi connectivity index (χ1v) is 12.6. The molecular weight excluding hydrogens is 514 g/mol. The number of hydrogen-bond donors (Lipinski definition) is 3. The molecule has 0 aromatic heterocycles. The maximum Gasteiger partial charge on any atom is 0.262 e. The van der Waals surface area contributed by atoms with Gasteiger partial charge in [-0.1, -0.05) is 47.6 Å². The quantitative estimate of drug-likeness (QED) is 0.318. The molecule has 1 aliphatic heterocycles. The van der Waals surface area contributed by atoms with Crippen LogP contribution in [0.3, 0.4) is 0 Å². The van der Waals surface area contributed by atoms with Gasteiger partial charge in [0.25, 0.3) is 11.8 Å². The van der Waals surface area contributed by atoms with E-state index in [2.05, 4.69) is 16.0 Å². The van der Waals surface area contributed by atoms with E-state index in [4.69, 9.17) is 25.8 Å². The minimum Gasteiger partial charge on any atom is -0.495 e. The van der Waals surface area contributed by atoms with E-state index >= 15 is 0 Å². The number of para-hydroxylation sites is 1. The molecule has 192 valence electrons. The Hall–Kier alpha value is -3.82. The molecule has 1 unspecified atom stereocenters. The molecule has 0 spiro atoms. The number of carbonyl (C=O) groups excluding carboxylic acids is 2. The van der Waals surface area contributed by atoms with Gasteiger partial charge in [-0.2, -0.15) is 0 Å². The zero-order valence-corrected chi connectivity index (χ0v) is 22.0. The normalized spacial score (nSPS) is 15.7. The van der Waals surface area contributed by atoms with E-state index < -0.39 is 0 Å². The average Bonchev–Trinajstić information content (AvgIpc) is 3.22. The lowest BCUT2D eigenvalue weighted by Crippen LogP contribution is -2.31. The molecule has 37 heavy (non-hydrogen) atoms. The number of ether oxygens (including phenoxy) is 3. The van der Waals surface area contributed by atoms with E-state index in [1.807, 2.05) is 25.1 Å². The smallest absolute Gasteiger partial charge is 0.262 e. The van der Waals surface area contributed by atoms with Crippen molar-refractivity contribution in [2.24, 2.45) is 0 Å². The summed E-state index contributed by atoms with van der Waals surface area (Å²) in [6, 6.07) is 18.0. The summed E-state index contributed by atoms with van der Waals surface area (Å²) in [7, 11) is 3.11. The second kappa shape index (κ2) is 11.9. The Kier molecular flexibility index (Phi) is 8.47. The third-order valence-electron chi connectivity index (χ3n) is 5.36. The van der Waals surface area contributed by atoms with Crippen molar-refractivity contribution in [2.45, 2.75) is 12.4 Å². The number of hydrogen-bond acceptors (Lipinski definition) is 7. The average molecular weight is 540 g/mol. The number of amides is 2. The fourth-order valence-corrected chi connectivity index (χ4v) is 4.74. The molecule has 8 nitrogen and oxygen atoms in total. The largest absolute Gasteiger partial charge is 0.495 e. The fraction of sp³-hybridized carbons (Fsp3) is 0.185. The zero-order chi connectivity index (χ0) is 26.4. The molecule has 1 aliphatic rings. The summed E-state index contributed by atoms with van der Waals surface area (Å²) in [5.74, 6) is 0.976. The third kappa shape index (κ3) is 6.69. The molecule has 0 aliphatic carbocycles. The van der Waals surface area contributed by atoms with Crippen molar-refractivity contribution in [3.63, 3.8) is 0 Å². The SMILES string of the molecule is COc1ccc(C)cc1NC1NC(=O)/C(=C/c2ccc(OCC(=O)Nc3ccccc3Cl)c(OC)c2)S1. The zero-order valence-electron chi connectivity index (χ0n) is 20.5. The van der Waals surface area contributed by atoms with Gasteiger partial charge >= 0.3 is 0 Å². The van der Waals surface area contributed by atoms with Gasteiger partial charge < -0.3 is 30.2 Å². The van der Waals surface area contributed by atoms with E-state index in [9.17, 15) is 9.59 Å². The summed E-state index contributed by atoms with van der Waals surface area (Å²) >= 11 is 7.44. The van der Waals surface area contributed by atoms with Gasteiger partial charge in [0.05, 0.1) is 35.5 Å². The van der Waals surface area contributed by atoms with Gasteiger partial charge in [0, 0.05) is 0 Å². The van der Waals surface area contributed by atoms with Crippen molar-refractivity contribution < 1.29 is 23.8 Å². The Morgan fingerprint density at radius 3 is 2.54 bits per heavy atom. The minimum absolute atomic E-state index is 0.190. The maximum absolute atomic E-state index is 12.6. The molecule has 3 aromatic carbocycles. The predicted molar refractivity (Wildman–Crippen MR) is 147 cm³/mol. The second-order valence-corrected chi connectivity index (χ2v) is 9.61. The number of aryl methyl sites for hydroxylation is 1. The molecule has 0 saturated carbocycles. The highest BCUT2D eigenvalue weighted by atomic mass is 35.5. The Bertz CT molecular complexity index is 1350. The molecule has 1 fully saturated rings. The summed E-state index contributed by atoms with van der Waals surface area (Å²) in [5, 5.41) is 9.37. The highest BCUT2D eigenvalue weighted by molar-refractivity contribution is 8.05. The Morgan fingerprint density at radius 1 is 1.03 bits per heavy atom. The molecule has 0 bridgehead atoms. The van der Waals surface area contributed by atoms with Crippen LogP contribution in [0, 0.1) is 6.92 Å². The van der Waals surface area contributed by atoms with E-state index in [-0.39, 0.29) is 23.9 Å². The summed E-state index contributed by atoms with van der Waals surface area (Å²) in [6.45, 7) is 1.76. The first-order chi connectivity index (χ1) is 17.9. The van der Waals surface area contributed by atoms with Gasteiger partial charge in [-0.3, -0.25) is 9.59 Å². The molecule has 3 N–H and O–H groups in total. The van der Waals surface area contributed by atoms with Crippen LogP contribution in [-0.4, -0.2) is 38.1 Å². The Morgan fingerprint density at radius 2 is 1.78 bits per heavy atom. The molecule has 1 atom stereocenters. The van der Waals surface area contributed by atoms with Crippen LogP contribution in [0.25, 0.3) is 6.08 Å². The van der Waals surface area contributed by atoms with Gasteiger partial charge in [-0.05, 0) is 60.5 Å². The topological polar surface area (TPSA) is 97.9 Å². The van der Waals surface area contributed by atoms with E-state index in [0.29, 0.717) is 32.9 Å². The van der Waals surface area contributed by atoms with Crippen molar-refractivity contribution in [2.75, 3.05) is 31.5 Å². The highest BCUT2D eigenvalue weighted by Crippen LogP contribution is 2.35. The monoisotopic (exact) mass is 539 g/mol. The van der Waals surface area contributed by atoms with Crippen LogP contribution in [-0.2, 0) is 9.59 Å². The van der Waals surface area contributed by atoms with E-state index in [1.54, 1.807) is 55.7 Å². The Balaban J connectivity index is 1.40. The van der Waals surface area contributed by atoms with Gasteiger partial charge in [0.2, 0.25) is 0 Å². The molecule has 0 radical (unpaired) electrons. The third-order valence-corrected chi connectivity index (χ3v) is 6.72. The maximum atomic E-state index is 12.6. The number of thioether (sulfide) groups is 1. The molecule has 1 saturated heterocycles. The molecule has 1 heterocycles. The van der Waals surface area contributed by atoms with Gasteiger partial charge in [-0.25, -0.2) is 0 Å². The first-order valence-electron chi connectivity index (χ1n) is 11.3. The van der Waals surface area contributed by atoms with Crippen molar-refractivity contribution in [1.82, 2.24) is 5.32 Å². The van der Waals surface area contributed by atoms with Gasteiger partial charge in [-0.15, -0.1) is 0 Å². The van der Waals surface area contributed by atoms with Crippen molar-refractivity contribution in [3.8, 4) is 17.2 Å². The summed E-state index contributed by atoms with van der Waals surface area (Å²) in [4.78, 5) is 25.4. The lowest BCUT2D eigenvalue weighted by atomic mass is 10.2. The van der Waals surface area contributed by atoms with Crippen LogP contribution >= 0.6 is 23.4 Å². The molecule has 4 rings (SSSR count). The van der Waals surface area contributed by atoms with E-state index in [0.717, 1.165) is 16.8 Å². The van der Waals surface area contributed by atoms with Crippen LogP contribution in [0.1, 0.15) is 11.1 Å². The van der Waals surface area contributed by atoms with Crippen molar-refractivity contribution in [3.05, 3.63) is 81.7 Å². The van der Waals surface area contributed by atoms with E-state index in [1.165, 1.54) is 18.9 Å². The lowest BCUT2D eigenvalue weighted by molar-refractivity contribution is -0.118. The Labute approximate surface area is 224 Å². The molecule has 2 amide bonds. The summed E-state index contributed by atoms with van der Waals surface area (Å²) in [6.07, 6.45) is 1.77. The minimum atomic E-state index is -0.357. The predicted octanol–water partition coefficient (Wildman–Crippen LogP) is 5.28. The number of rotatable bonds is 9. The van der Waals surface area contributed by atoms with Crippen LogP contribution in [0.15, 0.2) is 65.6 Å². The summed E-state index contributed by atoms with van der Waals surface area (Å²) < 4.78 is 16.5. The van der Waals surface area contributed by atoms with Crippen LogP contribution in [0.2, 0.25) is 5.02 Å². The summed E-state index contributed by atoms with van der Waals surface area (Å²) in [5.41, 5.74) is 2.77. The number of anilines is 2. The van der Waals surface area contributed by atoms with Crippen molar-refractivity contribution in [1.29, 1.82) is 0 Å². The van der Waals surface area contributed by atoms with Gasteiger partial charge in [0.15, 0.2) is 23.6 Å². The molecule has 3 aromatic rings. The van der Waals surface area contributed by atoms with Crippen LogP contribution < -0.4 is 30.2 Å². The lowest BCUT2D eigenvalue weighted by Gasteiger charge is -2.16. The van der Waals surface area contributed by atoms with Crippen molar-refractivity contribution >= 4 is 52.6 Å². The van der Waals surface area contributed by atoms with Crippen LogP contribution in [0.5, 0.6) is 17.2 Å².